The maximum absolute atomic E-state index is 12.8. The van der Waals surface area contributed by atoms with Crippen LogP contribution in [0.1, 0.15) is 6.92 Å². The van der Waals surface area contributed by atoms with Crippen molar-refractivity contribution in [3.8, 4) is 5.75 Å². The zero-order valence-electron chi connectivity index (χ0n) is 13.6. The van der Waals surface area contributed by atoms with E-state index in [0.29, 0.717) is 24.6 Å². The van der Waals surface area contributed by atoms with Crippen LogP contribution in [0.3, 0.4) is 0 Å². The number of nitrogens with one attached hydrogen (secondary N) is 1. The quantitative estimate of drug-likeness (QED) is 0.897. The third kappa shape index (κ3) is 3.34. The molecule has 2 aromatic rings. The van der Waals surface area contributed by atoms with Gasteiger partial charge in [-0.25, -0.2) is 8.42 Å². The van der Waals surface area contributed by atoms with Gasteiger partial charge in [-0.2, -0.15) is 4.31 Å². The SMILES string of the molecule is CCOc1ccc2cc(S(=O)(=O)N3CC[NH+](C)CC3)ccc2c1. The van der Waals surface area contributed by atoms with E-state index in [-0.39, 0.29) is 0 Å². The number of piperazine rings is 1. The number of nitrogens with zero attached hydrogens (tertiary/aromatic N) is 1. The molecule has 3 rings (SSSR count). The van der Waals surface area contributed by atoms with Crippen molar-refractivity contribution in [3.05, 3.63) is 36.4 Å². The van der Waals surface area contributed by atoms with Crippen LogP contribution in [0.5, 0.6) is 5.75 Å². The Morgan fingerprint density at radius 3 is 2.43 bits per heavy atom. The molecule has 0 aliphatic carbocycles. The summed E-state index contributed by atoms with van der Waals surface area (Å²) >= 11 is 0. The highest BCUT2D eigenvalue weighted by Crippen LogP contribution is 2.25. The number of ether oxygens (including phenoxy) is 1. The first-order valence-electron chi connectivity index (χ1n) is 7.99. The first-order valence-corrected chi connectivity index (χ1v) is 9.43. The van der Waals surface area contributed by atoms with Crippen molar-refractivity contribution in [1.82, 2.24) is 4.31 Å². The van der Waals surface area contributed by atoms with E-state index in [1.54, 1.807) is 16.4 Å². The van der Waals surface area contributed by atoms with Crippen LogP contribution in [-0.2, 0) is 10.0 Å². The van der Waals surface area contributed by atoms with Crippen molar-refractivity contribution in [2.45, 2.75) is 11.8 Å². The Bertz CT molecular complexity index is 797. The average molecular weight is 335 g/mol. The van der Waals surface area contributed by atoms with E-state index < -0.39 is 10.0 Å². The van der Waals surface area contributed by atoms with Crippen molar-refractivity contribution in [1.29, 1.82) is 0 Å². The van der Waals surface area contributed by atoms with Crippen LogP contribution in [-0.4, -0.2) is 52.6 Å². The Morgan fingerprint density at radius 2 is 1.74 bits per heavy atom. The molecule has 23 heavy (non-hydrogen) atoms. The Morgan fingerprint density at radius 1 is 1.09 bits per heavy atom. The molecule has 0 amide bonds. The van der Waals surface area contributed by atoms with Crippen LogP contribution in [0.2, 0.25) is 0 Å². The van der Waals surface area contributed by atoms with E-state index in [1.807, 2.05) is 31.2 Å². The molecular formula is C17H23N2O3S+. The van der Waals surface area contributed by atoms with Crippen molar-refractivity contribution >= 4 is 20.8 Å². The van der Waals surface area contributed by atoms with Gasteiger partial charge in [0.1, 0.15) is 5.75 Å². The molecule has 1 aliphatic heterocycles. The Labute approximate surface area is 137 Å². The van der Waals surface area contributed by atoms with E-state index in [0.717, 1.165) is 29.6 Å². The maximum atomic E-state index is 12.8. The van der Waals surface area contributed by atoms with Crippen molar-refractivity contribution in [3.63, 3.8) is 0 Å². The molecule has 1 aliphatic rings. The standard InChI is InChI=1S/C17H22N2O3S/c1-3-22-16-6-4-15-13-17(7-5-14(15)12-16)23(20,21)19-10-8-18(2)9-11-19/h4-7,12-13H,3,8-11H2,1-2H3/p+1. The van der Waals surface area contributed by atoms with E-state index in [1.165, 1.54) is 4.90 Å². The fourth-order valence-electron chi connectivity index (χ4n) is 2.88. The normalized spacial score (nSPS) is 17.5. The van der Waals surface area contributed by atoms with Gasteiger partial charge in [0.25, 0.3) is 0 Å². The van der Waals surface area contributed by atoms with Gasteiger partial charge in [0, 0.05) is 0 Å². The third-order valence-corrected chi connectivity index (χ3v) is 6.20. The molecule has 1 heterocycles. The Balaban J connectivity index is 1.91. The molecular weight excluding hydrogens is 312 g/mol. The smallest absolute Gasteiger partial charge is 0.243 e. The minimum atomic E-state index is -3.41. The van der Waals surface area contributed by atoms with Gasteiger partial charge in [0.15, 0.2) is 0 Å². The molecule has 1 saturated heterocycles. The predicted molar refractivity (Wildman–Crippen MR) is 90.5 cm³/mol. The van der Waals surface area contributed by atoms with E-state index >= 15 is 0 Å². The highest BCUT2D eigenvalue weighted by molar-refractivity contribution is 7.89. The second kappa shape index (κ2) is 6.47. The van der Waals surface area contributed by atoms with Crippen LogP contribution in [0, 0.1) is 0 Å². The number of fused-ring (bicyclic) bond motifs is 1. The third-order valence-electron chi connectivity index (χ3n) is 4.31. The van der Waals surface area contributed by atoms with E-state index in [9.17, 15) is 8.42 Å². The molecule has 0 bridgehead atoms. The van der Waals surface area contributed by atoms with Gasteiger partial charge < -0.3 is 9.64 Å². The lowest BCUT2D eigenvalue weighted by atomic mass is 10.1. The van der Waals surface area contributed by atoms with Crippen LogP contribution >= 0.6 is 0 Å². The lowest BCUT2D eigenvalue weighted by molar-refractivity contribution is -0.883. The monoisotopic (exact) mass is 335 g/mol. The number of rotatable bonds is 4. The maximum Gasteiger partial charge on any atom is 0.243 e. The number of sulfonamides is 1. The molecule has 0 spiro atoms. The molecule has 1 fully saturated rings. The highest BCUT2D eigenvalue weighted by Gasteiger charge is 2.29. The molecule has 0 unspecified atom stereocenters. The summed E-state index contributed by atoms with van der Waals surface area (Å²) in [5.74, 6) is 0.803. The summed E-state index contributed by atoms with van der Waals surface area (Å²) in [5.41, 5.74) is 0. The topological polar surface area (TPSA) is 51.1 Å². The zero-order valence-corrected chi connectivity index (χ0v) is 14.4. The molecule has 124 valence electrons. The van der Waals surface area contributed by atoms with Gasteiger partial charge in [0.05, 0.1) is 44.7 Å². The molecule has 0 aromatic heterocycles. The molecule has 0 saturated carbocycles. The Hall–Kier alpha value is -1.63. The van der Waals surface area contributed by atoms with Gasteiger partial charge in [-0.05, 0) is 42.0 Å². The van der Waals surface area contributed by atoms with Crippen LogP contribution in [0.25, 0.3) is 10.8 Å². The first kappa shape index (κ1) is 16.2. The zero-order chi connectivity index (χ0) is 16.4. The lowest BCUT2D eigenvalue weighted by Gasteiger charge is -2.29. The first-order chi connectivity index (χ1) is 11.0. The molecule has 0 radical (unpaired) electrons. The van der Waals surface area contributed by atoms with Gasteiger partial charge in [-0.15, -0.1) is 0 Å². The second-order valence-corrected chi connectivity index (χ2v) is 7.90. The summed E-state index contributed by atoms with van der Waals surface area (Å²) < 4.78 is 32.7. The number of benzene rings is 2. The van der Waals surface area contributed by atoms with Gasteiger partial charge >= 0.3 is 0 Å². The number of hydrogen-bond donors (Lipinski definition) is 1. The van der Waals surface area contributed by atoms with Crippen molar-refractivity contribution in [2.24, 2.45) is 0 Å². The number of likely N-dealkylation sites (N-methyl/N-ethyl adjacent to an activating group) is 1. The molecule has 5 nitrogen and oxygen atoms in total. The summed E-state index contributed by atoms with van der Waals surface area (Å²) in [7, 11) is -1.32. The van der Waals surface area contributed by atoms with Crippen molar-refractivity contribution in [2.75, 3.05) is 39.8 Å². The largest absolute Gasteiger partial charge is 0.494 e. The Kier molecular flexibility index (Phi) is 4.57. The summed E-state index contributed by atoms with van der Waals surface area (Å²) in [4.78, 5) is 1.74. The van der Waals surface area contributed by atoms with Gasteiger partial charge in [-0.1, -0.05) is 12.1 Å². The second-order valence-electron chi connectivity index (χ2n) is 5.96. The van der Waals surface area contributed by atoms with E-state index in [2.05, 4.69) is 7.05 Å². The summed E-state index contributed by atoms with van der Waals surface area (Å²) in [6, 6.07) is 11.0. The van der Waals surface area contributed by atoms with Gasteiger partial charge in [0.2, 0.25) is 10.0 Å². The molecule has 6 heteroatoms. The van der Waals surface area contributed by atoms with Crippen LogP contribution in [0.15, 0.2) is 41.3 Å². The minimum absolute atomic E-state index is 0.369. The fraction of sp³-hybridized carbons (Fsp3) is 0.412. The summed E-state index contributed by atoms with van der Waals surface area (Å²) in [6.07, 6.45) is 0. The average Bonchev–Trinajstić information content (AvgIpc) is 2.55. The van der Waals surface area contributed by atoms with E-state index in [4.69, 9.17) is 4.74 Å². The van der Waals surface area contributed by atoms with Crippen LogP contribution < -0.4 is 9.64 Å². The fourth-order valence-corrected chi connectivity index (χ4v) is 4.35. The summed E-state index contributed by atoms with van der Waals surface area (Å²) in [6.45, 7) is 5.42. The number of hydrogen-bond acceptors (Lipinski definition) is 3. The number of quaternary nitrogens is 1. The predicted octanol–water partition coefficient (Wildman–Crippen LogP) is 0.758. The van der Waals surface area contributed by atoms with Crippen LogP contribution in [0.4, 0.5) is 0 Å². The summed E-state index contributed by atoms with van der Waals surface area (Å²) in [5, 5.41) is 1.90. The minimum Gasteiger partial charge on any atom is -0.494 e. The molecule has 2 aromatic carbocycles. The molecule has 0 atom stereocenters. The van der Waals surface area contributed by atoms with Gasteiger partial charge in [-0.3, -0.25) is 0 Å². The highest BCUT2D eigenvalue weighted by atomic mass is 32.2. The lowest BCUT2D eigenvalue weighted by Crippen LogP contribution is -3.12. The van der Waals surface area contributed by atoms with Crippen molar-refractivity contribution < 1.29 is 18.1 Å². The molecule has 1 N–H and O–H groups in total.